The Morgan fingerprint density at radius 3 is 2.84 bits per heavy atom. The van der Waals surface area contributed by atoms with Gasteiger partial charge in [-0.3, -0.25) is 9.88 Å². The second-order valence-corrected chi connectivity index (χ2v) is 6.24. The highest BCUT2D eigenvalue weighted by molar-refractivity contribution is 5.89. The van der Waals surface area contributed by atoms with E-state index in [0.29, 0.717) is 5.69 Å². The summed E-state index contributed by atoms with van der Waals surface area (Å²) in [5.74, 6) is 0.890. The molecular weight excluding hydrogens is 316 g/mol. The largest absolute Gasteiger partial charge is 0.497 e. The van der Waals surface area contributed by atoms with Crippen LogP contribution in [0.1, 0.15) is 18.4 Å². The van der Waals surface area contributed by atoms with Gasteiger partial charge in [-0.25, -0.2) is 4.79 Å². The highest BCUT2D eigenvalue weighted by atomic mass is 16.5. The first-order chi connectivity index (χ1) is 12.2. The Kier molecular flexibility index (Phi) is 5.85. The van der Waals surface area contributed by atoms with Crippen molar-refractivity contribution < 1.29 is 9.53 Å². The third-order valence-corrected chi connectivity index (χ3v) is 4.38. The van der Waals surface area contributed by atoms with Gasteiger partial charge in [-0.1, -0.05) is 12.1 Å². The van der Waals surface area contributed by atoms with E-state index in [9.17, 15) is 4.79 Å². The molecule has 25 heavy (non-hydrogen) atoms. The lowest BCUT2D eigenvalue weighted by Gasteiger charge is -2.32. The first kappa shape index (κ1) is 17.2. The van der Waals surface area contributed by atoms with Gasteiger partial charge in [0.2, 0.25) is 0 Å². The molecule has 0 atom stereocenters. The third-order valence-electron chi connectivity index (χ3n) is 4.38. The number of carbonyl (C=O) groups is 1. The van der Waals surface area contributed by atoms with Crippen molar-refractivity contribution >= 4 is 11.7 Å². The summed E-state index contributed by atoms with van der Waals surface area (Å²) < 4.78 is 5.28. The highest BCUT2D eigenvalue weighted by Gasteiger charge is 2.20. The fourth-order valence-electron chi connectivity index (χ4n) is 3.05. The second-order valence-electron chi connectivity index (χ2n) is 6.24. The van der Waals surface area contributed by atoms with Gasteiger partial charge < -0.3 is 15.4 Å². The number of pyridine rings is 1. The Morgan fingerprint density at radius 1 is 1.28 bits per heavy atom. The summed E-state index contributed by atoms with van der Waals surface area (Å²) in [6, 6.07) is 11.8. The number of aromatic nitrogens is 1. The predicted octanol–water partition coefficient (Wildman–Crippen LogP) is 2.88. The van der Waals surface area contributed by atoms with Crippen LogP contribution < -0.4 is 15.4 Å². The smallest absolute Gasteiger partial charge is 0.319 e. The first-order valence-electron chi connectivity index (χ1n) is 8.56. The average Bonchev–Trinajstić information content (AvgIpc) is 2.64. The molecule has 0 aliphatic carbocycles. The number of ether oxygens (including phenoxy) is 1. The molecule has 0 spiro atoms. The SMILES string of the molecule is COc1cccc(CN2CCC(NC(=O)Nc3cccnc3)CC2)c1. The molecule has 1 aliphatic rings. The van der Waals surface area contributed by atoms with Crippen molar-refractivity contribution in [1.29, 1.82) is 0 Å². The van der Waals surface area contributed by atoms with Gasteiger partial charge in [0, 0.05) is 31.9 Å². The number of hydrogen-bond acceptors (Lipinski definition) is 4. The van der Waals surface area contributed by atoms with Crippen LogP contribution in [-0.2, 0) is 6.54 Å². The van der Waals surface area contributed by atoms with Crippen molar-refractivity contribution in [2.24, 2.45) is 0 Å². The minimum atomic E-state index is -0.167. The van der Waals surface area contributed by atoms with Crippen molar-refractivity contribution in [1.82, 2.24) is 15.2 Å². The summed E-state index contributed by atoms with van der Waals surface area (Å²) in [6.45, 7) is 2.84. The molecule has 0 unspecified atom stereocenters. The maximum Gasteiger partial charge on any atom is 0.319 e. The van der Waals surface area contributed by atoms with Crippen LogP contribution in [0.25, 0.3) is 0 Å². The third kappa shape index (κ3) is 5.19. The van der Waals surface area contributed by atoms with Crippen molar-refractivity contribution in [3.8, 4) is 5.75 Å². The van der Waals surface area contributed by atoms with Crippen LogP contribution in [0.2, 0.25) is 0 Å². The van der Waals surface area contributed by atoms with Crippen molar-refractivity contribution in [2.45, 2.75) is 25.4 Å². The van der Waals surface area contributed by atoms with Crippen LogP contribution in [0.15, 0.2) is 48.8 Å². The summed E-state index contributed by atoms with van der Waals surface area (Å²) in [6.07, 6.45) is 5.21. The van der Waals surface area contributed by atoms with Gasteiger partial charge in [0.15, 0.2) is 0 Å². The molecule has 2 aromatic rings. The zero-order chi connectivity index (χ0) is 17.5. The average molecular weight is 340 g/mol. The molecular formula is C19H24N4O2. The number of likely N-dealkylation sites (tertiary alicyclic amines) is 1. The molecule has 0 radical (unpaired) electrons. The monoisotopic (exact) mass is 340 g/mol. The van der Waals surface area contributed by atoms with Gasteiger partial charge in [-0.05, 0) is 42.7 Å². The van der Waals surface area contributed by atoms with Crippen molar-refractivity contribution in [3.05, 3.63) is 54.4 Å². The van der Waals surface area contributed by atoms with Gasteiger partial charge in [0.1, 0.15) is 5.75 Å². The highest BCUT2D eigenvalue weighted by Crippen LogP contribution is 2.17. The van der Waals surface area contributed by atoms with Crippen LogP contribution in [0.5, 0.6) is 5.75 Å². The van der Waals surface area contributed by atoms with E-state index < -0.39 is 0 Å². The van der Waals surface area contributed by atoms with Gasteiger partial charge in [-0.15, -0.1) is 0 Å². The molecule has 2 heterocycles. The molecule has 1 aliphatic heterocycles. The maximum atomic E-state index is 12.0. The molecule has 0 bridgehead atoms. The first-order valence-corrected chi connectivity index (χ1v) is 8.56. The number of piperidine rings is 1. The molecule has 6 nitrogen and oxygen atoms in total. The zero-order valence-electron chi connectivity index (χ0n) is 14.4. The molecule has 132 valence electrons. The number of hydrogen-bond donors (Lipinski definition) is 2. The summed E-state index contributed by atoms with van der Waals surface area (Å²) in [5.41, 5.74) is 1.95. The summed E-state index contributed by atoms with van der Waals surface area (Å²) in [4.78, 5) is 18.4. The summed E-state index contributed by atoms with van der Waals surface area (Å²) in [5, 5.41) is 5.86. The van der Waals surface area contributed by atoms with Crippen LogP contribution in [0.4, 0.5) is 10.5 Å². The van der Waals surface area contributed by atoms with Gasteiger partial charge in [0.25, 0.3) is 0 Å². The van der Waals surface area contributed by atoms with E-state index in [0.717, 1.165) is 38.2 Å². The molecule has 6 heteroatoms. The quantitative estimate of drug-likeness (QED) is 0.878. The number of anilines is 1. The number of rotatable bonds is 5. The minimum absolute atomic E-state index is 0.167. The number of nitrogens with zero attached hydrogens (tertiary/aromatic N) is 2. The van der Waals surface area contributed by atoms with Crippen LogP contribution >= 0.6 is 0 Å². The minimum Gasteiger partial charge on any atom is -0.497 e. The van der Waals surface area contributed by atoms with E-state index in [1.165, 1.54) is 5.56 Å². The lowest BCUT2D eigenvalue weighted by Crippen LogP contribution is -2.45. The Balaban J connectivity index is 1.43. The normalized spacial score (nSPS) is 15.6. The number of carbonyl (C=O) groups excluding carboxylic acids is 1. The summed E-state index contributed by atoms with van der Waals surface area (Å²) in [7, 11) is 1.69. The molecule has 2 amide bonds. The van der Waals surface area contributed by atoms with Crippen molar-refractivity contribution in [3.63, 3.8) is 0 Å². The van der Waals surface area contributed by atoms with Crippen LogP contribution in [0, 0.1) is 0 Å². The fourth-order valence-corrected chi connectivity index (χ4v) is 3.05. The van der Waals surface area contributed by atoms with Gasteiger partial charge in [0.05, 0.1) is 19.0 Å². The molecule has 3 rings (SSSR count). The fraction of sp³-hybridized carbons (Fsp3) is 0.368. The molecule has 1 saturated heterocycles. The van der Waals surface area contributed by atoms with Gasteiger partial charge in [-0.2, -0.15) is 0 Å². The number of urea groups is 1. The topological polar surface area (TPSA) is 66.5 Å². The number of methoxy groups -OCH3 is 1. The second kappa shape index (κ2) is 8.48. The lowest BCUT2D eigenvalue weighted by molar-refractivity contribution is 0.189. The predicted molar refractivity (Wildman–Crippen MR) is 97.7 cm³/mol. The molecule has 1 aromatic carbocycles. The van der Waals surface area contributed by atoms with E-state index in [1.807, 2.05) is 18.2 Å². The molecule has 0 saturated carbocycles. The number of benzene rings is 1. The van der Waals surface area contributed by atoms with Gasteiger partial charge >= 0.3 is 6.03 Å². The van der Waals surface area contributed by atoms with E-state index in [4.69, 9.17) is 4.74 Å². The Hall–Kier alpha value is -2.60. The Bertz CT molecular complexity index is 685. The van der Waals surface area contributed by atoms with Crippen LogP contribution in [-0.4, -0.2) is 42.2 Å². The van der Waals surface area contributed by atoms with E-state index in [1.54, 1.807) is 25.6 Å². The number of nitrogens with one attached hydrogen (secondary N) is 2. The number of amides is 2. The Morgan fingerprint density at radius 2 is 2.12 bits per heavy atom. The standard InChI is InChI=1S/C19H24N4O2/c1-25-18-6-2-4-15(12-18)14-23-10-7-16(8-11-23)21-19(24)22-17-5-3-9-20-13-17/h2-6,9,12-13,16H,7-8,10-11,14H2,1H3,(H2,21,22,24). The Labute approximate surface area is 148 Å². The zero-order valence-corrected chi connectivity index (χ0v) is 14.4. The molecule has 2 N–H and O–H groups in total. The summed E-state index contributed by atoms with van der Waals surface area (Å²) >= 11 is 0. The lowest BCUT2D eigenvalue weighted by atomic mass is 10.0. The van der Waals surface area contributed by atoms with E-state index >= 15 is 0 Å². The van der Waals surface area contributed by atoms with E-state index in [2.05, 4.69) is 32.7 Å². The molecule has 1 fully saturated rings. The van der Waals surface area contributed by atoms with E-state index in [-0.39, 0.29) is 12.1 Å². The van der Waals surface area contributed by atoms with Crippen molar-refractivity contribution in [2.75, 3.05) is 25.5 Å². The van der Waals surface area contributed by atoms with Crippen LogP contribution in [0.3, 0.4) is 0 Å². The maximum absolute atomic E-state index is 12.0. The molecule has 1 aromatic heterocycles.